The van der Waals surface area contributed by atoms with Crippen molar-refractivity contribution in [1.29, 1.82) is 5.26 Å². The first-order valence-electron chi connectivity index (χ1n) is 7.40. The van der Waals surface area contributed by atoms with Gasteiger partial charge in [0.05, 0.1) is 29.5 Å². The molecule has 1 aromatic rings. The molecule has 25 heavy (non-hydrogen) atoms. The van der Waals surface area contributed by atoms with Crippen molar-refractivity contribution in [2.75, 3.05) is 12.9 Å². The fraction of sp³-hybridized carbons (Fsp3) is 0.294. The fourth-order valence-electron chi connectivity index (χ4n) is 2.73. The Morgan fingerprint density at radius 2 is 2.08 bits per heavy atom. The van der Waals surface area contributed by atoms with Gasteiger partial charge in [0.15, 0.2) is 0 Å². The highest BCUT2D eigenvalue weighted by Crippen LogP contribution is 2.41. The summed E-state index contributed by atoms with van der Waals surface area (Å²) >= 11 is 0.966. The Labute approximate surface area is 149 Å². The number of nitrogens with zero attached hydrogens (tertiary/aromatic N) is 1. The van der Waals surface area contributed by atoms with Crippen LogP contribution < -0.4 is 11.1 Å². The number of benzene rings is 1. The van der Waals surface area contributed by atoms with Crippen molar-refractivity contribution in [2.45, 2.75) is 12.8 Å². The van der Waals surface area contributed by atoms with E-state index in [4.69, 9.17) is 10.5 Å². The monoisotopic (exact) mass is 359 g/mol. The minimum atomic E-state index is -1.18. The smallest absolute Gasteiger partial charge is 0.319 e. The predicted molar refractivity (Wildman–Crippen MR) is 91.9 cm³/mol. The molecule has 7 nitrogen and oxygen atoms in total. The molecule has 1 aliphatic heterocycles. The lowest BCUT2D eigenvalue weighted by molar-refractivity contribution is -0.150. The molecule has 1 aromatic carbocycles. The molecule has 8 heteroatoms. The van der Waals surface area contributed by atoms with Crippen LogP contribution in [0.25, 0.3) is 0 Å². The Morgan fingerprint density at radius 3 is 2.64 bits per heavy atom. The molecule has 130 valence electrons. The third-order valence-electron chi connectivity index (χ3n) is 3.87. The van der Waals surface area contributed by atoms with Crippen molar-refractivity contribution in [3.05, 3.63) is 46.0 Å². The summed E-state index contributed by atoms with van der Waals surface area (Å²) in [5.41, 5.74) is 6.87. The molecule has 0 fully saturated rings. The highest BCUT2D eigenvalue weighted by Gasteiger charge is 2.44. The number of nitrogens with two attached hydrogens (primary N) is 1. The molecule has 0 saturated heterocycles. The van der Waals surface area contributed by atoms with Gasteiger partial charge >= 0.3 is 5.97 Å². The van der Waals surface area contributed by atoms with E-state index in [-0.39, 0.29) is 16.4 Å². The summed E-state index contributed by atoms with van der Waals surface area (Å²) in [6.45, 7) is 1.83. The molecule has 0 aliphatic carbocycles. The molecule has 1 aliphatic rings. The topological polar surface area (TPSA) is 122 Å². The summed E-state index contributed by atoms with van der Waals surface area (Å²) in [5.74, 6) is -3.94. The van der Waals surface area contributed by atoms with Gasteiger partial charge in [-0.15, -0.1) is 0 Å². The van der Waals surface area contributed by atoms with Crippen LogP contribution in [0.4, 0.5) is 0 Å². The van der Waals surface area contributed by atoms with E-state index < -0.39 is 29.6 Å². The number of methoxy groups -OCH3 is 1. The van der Waals surface area contributed by atoms with E-state index in [1.165, 1.54) is 7.11 Å². The van der Waals surface area contributed by atoms with E-state index in [2.05, 4.69) is 11.4 Å². The van der Waals surface area contributed by atoms with Crippen LogP contribution in [0.5, 0.6) is 0 Å². The molecule has 0 spiro atoms. The van der Waals surface area contributed by atoms with Crippen LogP contribution in [0, 0.1) is 24.2 Å². The highest BCUT2D eigenvalue weighted by atomic mass is 32.2. The normalized spacial score (nSPS) is 19.8. The number of nitrogens with one attached hydrogen (secondary N) is 1. The van der Waals surface area contributed by atoms with Gasteiger partial charge in [0, 0.05) is 5.92 Å². The first-order valence-corrected chi connectivity index (χ1v) is 8.38. The molecular weight excluding hydrogens is 342 g/mol. The first-order chi connectivity index (χ1) is 11.9. The maximum Gasteiger partial charge on any atom is 0.319 e. The third-order valence-corrected chi connectivity index (χ3v) is 4.91. The Morgan fingerprint density at radius 1 is 1.40 bits per heavy atom. The summed E-state index contributed by atoms with van der Waals surface area (Å²) in [7, 11) is 1.19. The number of aryl methyl sites for hydroxylation is 1. The number of hydrogen-bond donors (Lipinski definition) is 2. The Kier molecular flexibility index (Phi) is 5.83. The van der Waals surface area contributed by atoms with Gasteiger partial charge in [-0.25, -0.2) is 0 Å². The Hall–Kier alpha value is -2.79. The maximum atomic E-state index is 12.5. The van der Waals surface area contributed by atoms with Crippen molar-refractivity contribution in [2.24, 2.45) is 11.7 Å². The lowest BCUT2D eigenvalue weighted by atomic mass is 9.77. The molecule has 0 bridgehead atoms. The van der Waals surface area contributed by atoms with Gasteiger partial charge < -0.3 is 15.8 Å². The van der Waals surface area contributed by atoms with E-state index in [9.17, 15) is 19.6 Å². The van der Waals surface area contributed by atoms with Gasteiger partial charge in [0.25, 0.3) is 0 Å². The van der Waals surface area contributed by atoms with Crippen LogP contribution in [0.15, 0.2) is 34.9 Å². The van der Waals surface area contributed by atoms with Crippen molar-refractivity contribution >= 4 is 29.5 Å². The number of nitriles is 1. The van der Waals surface area contributed by atoms with E-state index in [1.807, 2.05) is 19.1 Å². The van der Waals surface area contributed by atoms with Crippen molar-refractivity contribution in [1.82, 2.24) is 5.32 Å². The average Bonchev–Trinajstić information content (AvgIpc) is 2.59. The first kappa shape index (κ1) is 18.5. The molecule has 2 atom stereocenters. The predicted octanol–water partition coefficient (Wildman–Crippen LogP) is 0.951. The molecule has 0 unspecified atom stereocenters. The number of carbonyl (C=O) groups excluding carboxylic acids is 3. The second-order valence-electron chi connectivity index (χ2n) is 5.43. The number of esters is 1. The Bertz CT molecular complexity index is 797. The molecule has 0 radical (unpaired) electrons. The van der Waals surface area contributed by atoms with Crippen LogP contribution in [0.1, 0.15) is 17.0 Å². The number of amides is 2. The van der Waals surface area contributed by atoms with E-state index >= 15 is 0 Å². The van der Waals surface area contributed by atoms with Gasteiger partial charge in [-0.05, 0) is 18.1 Å². The SMILES string of the molecule is COC(=O)[C@@H]1C(=O)NC(SCC(N)=O)=C(C#N)[C@H]1c1ccccc1C. The highest BCUT2D eigenvalue weighted by molar-refractivity contribution is 8.03. The van der Waals surface area contributed by atoms with Gasteiger partial charge in [0.1, 0.15) is 5.92 Å². The average molecular weight is 359 g/mol. The van der Waals surface area contributed by atoms with E-state index in [0.717, 1.165) is 17.3 Å². The van der Waals surface area contributed by atoms with Crippen LogP contribution in [-0.2, 0) is 19.1 Å². The molecule has 0 saturated carbocycles. The summed E-state index contributed by atoms with van der Waals surface area (Å²) in [6, 6.07) is 9.27. The van der Waals surface area contributed by atoms with Crippen LogP contribution in [0.3, 0.4) is 0 Å². The van der Waals surface area contributed by atoms with Gasteiger partial charge in [-0.1, -0.05) is 36.0 Å². The quantitative estimate of drug-likeness (QED) is 0.596. The van der Waals surface area contributed by atoms with Crippen molar-refractivity contribution in [3.8, 4) is 6.07 Å². The molecule has 1 heterocycles. The molecule has 0 aromatic heterocycles. The fourth-order valence-corrected chi connectivity index (χ4v) is 3.52. The Balaban J connectivity index is 2.62. The van der Waals surface area contributed by atoms with Crippen molar-refractivity contribution in [3.63, 3.8) is 0 Å². The number of ether oxygens (including phenoxy) is 1. The van der Waals surface area contributed by atoms with Gasteiger partial charge in [0.2, 0.25) is 11.8 Å². The van der Waals surface area contributed by atoms with Gasteiger partial charge in [-0.2, -0.15) is 5.26 Å². The number of primary amides is 1. The number of carbonyl (C=O) groups is 3. The summed E-state index contributed by atoms with van der Waals surface area (Å²) in [5, 5.41) is 12.4. The van der Waals surface area contributed by atoms with Crippen molar-refractivity contribution < 1.29 is 19.1 Å². The maximum absolute atomic E-state index is 12.5. The van der Waals surface area contributed by atoms with Crippen LogP contribution >= 0.6 is 11.8 Å². The van der Waals surface area contributed by atoms with Crippen LogP contribution in [-0.4, -0.2) is 30.6 Å². The number of thioether (sulfide) groups is 1. The minimum absolute atomic E-state index is 0.0931. The number of hydrogen-bond acceptors (Lipinski definition) is 6. The lowest BCUT2D eigenvalue weighted by Gasteiger charge is -2.31. The lowest BCUT2D eigenvalue weighted by Crippen LogP contribution is -2.44. The standard InChI is InChI=1S/C17H17N3O4S/c1-9-5-3-4-6-10(9)13-11(7-18)16(25-8-12(19)21)20-15(22)14(13)17(23)24-2/h3-6,13-14H,8H2,1-2H3,(H2,19,21)(H,20,22)/t13-,14+/m1/s1. The largest absolute Gasteiger partial charge is 0.468 e. The molecule has 2 amide bonds. The second-order valence-corrected chi connectivity index (χ2v) is 6.42. The summed E-state index contributed by atoms with van der Waals surface area (Å²) in [4.78, 5) is 35.8. The summed E-state index contributed by atoms with van der Waals surface area (Å²) < 4.78 is 4.77. The zero-order chi connectivity index (χ0) is 18.6. The molecule has 3 N–H and O–H groups in total. The number of allylic oxidation sites excluding steroid dienone is 1. The zero-order valence-corrected chi connectivity index (χ0v) is 14.6. The van der Waals surface area contributed by atoms with E-state index in [0.29, 0.717) is 5.56 Å². The second kappa shape index (κ2) is 7.85. The zero-order valence-electron chi connectivity index (χ0n) is 13.7. The minimum Gasteiger partial charge on any atom is -0.468 e. The number of rotatable bonds is 5. The van der Waals surface area contributed by atoms with Crippen LogP contribution in [0.2, 0.25) is 0 Å². The third kappa shape index (κ3) is 3.83. The van der Waals surface area contributed by atoms with Gasteiger partial charge in [-0.3, -0.25) is 14.4 Å². The molecular formula is C17H17N3O4S. The summed E-state index contributed by atoms with van der Waals surface area (Å²) in [6.07, 6.45) is 0. The molecule has 2 rings (SSSR count). The van der Waals surface area contributed by atoms with E-state index in [1.54, 1.807) is 12.1 Å².